The summed E-state index contributed by atoms with van der Waals surface area (Å²) in [6, 6.07) is -2.02. The first kappa shape index (κ1) is 11.9. The number of rotatable bonds is 4. The maximum atomic E-state index is 11.4. The Hall–Kier alpha value is -1.18. The van der Waals surface area contributed by atoms with Crippen LogP contribution in [-0.4, -0.2) is 57.6 Å². The average Bonchev–Trinajstić information content (AvgIpc) is 2.60. The fourth-order valence-corrected chi connectivity index (χ4v) is 1.47. The molecule has 1 rings (SSSR count). The molecular formula is C8H14N2O5. The zero-order valence-electron chi connectivity index (χ0n) is 8.09. The number of aliphatic carboxylic acids is 1. The van der Waals surface area contributed by atoms with Crippen LogP contribution in [0.4, 0.5) is 0 Å². The third kappa shape index (κ3) is 2.88. The molecule has 4 N–H and O–H groups in total. The zero-order chi connectivity index (χ0) is 11.4. The Morgan fingerprint density at radius 1 is 1.53 bits per heavy atom. The number of aliphatic hydroxyl groups is 1. The predicted octanol–water partition coefficient (Wildman–Crippen LogP) is -1.60. The van der Waals surface area contributed by atoms with Crippen molar-refractivity contribution < 1.29 is 25.0 Å². The second kappa shape index (κ2) is 5.06. The second-order valence-electron chi connectivity index (χ2n) is 3.40. The summed E-state index contributed by atoms with van der Waals surface area (Å²) in [5.41, 5.74) is 0. The molecular weight excluding hydrogens is 204 g/mol. The van der Waals surface area contributed by atoms with Gasteiger partial charge in [-0.05, 0) is 12.8 Å². The molecule has 7 nitrogen and oxygen atoms in total. The summed E-state index contributed by atoms with van der Waals surface area (Å²) in [5.74, 6) is -1.87. The van der Waals surface area contributed by atoms with Gasteiger partial charge in [0.05, 0.1) is 6.61 Å². The van der Waals surface area contributed by atoms with E-state index in [0.29, 0.717) is 19.4 Å². The third-order valence-corrected chi connectivity index (χ3v) is 2.32. The Balaban J connectivity index is 2.50. The van der Waals surface area contributed by atoms with Gasteiger partial charge in [0.1, 0.15) is 12.1 Å². The van der Waals surface area contributed by atoms with E-state index in [9.17, 15) is 14.8 Å². The molecule has 15 heavy (non-hydrogen) atoms. The summed E-state index contributed by atoms with van der Waals surface area (Å²) in [4.78, 5) is 22.0. The standard InChI is InChI=1S/C8H14N2O5/c11-4-5(8(13)14)9-7(12)6-2-1-3-10(6)15/h5-6,11,15H,1-4H2,(H,9,12)(H,13,14). The Bertz CT molecular complexity index is 257. The van der Waals surface area contributed by atoms with Gasteiger partial charge in [-0.3, -0.25) is 4.79 Å². The summed E-state index contributed by atoms with van der Waals surface area (Å²) in [7, 11) is 0. The Morgan fingerprint density at radius 3 is 2.60 bits per heavy atom. The zero-order valence-corrected chi connectivity index (χ0v) is 8.09. The molecule has 1 fully saturated rings. The third-order valence-electron chi connectivity index (χ3n) is 2.32. The van der Waals surface area contributed by atoms with Crippen molar-refractivity contribution >= 4 is 11.9 Å². The number of nitrogens with zero attached hydrogens (tertiary/aromatic N) is 1. The largest absolute Gasteiger partial charge is 0.480 e. The van der Waals surface area contributed by atoms with E-state index in [4.69, 9.17) is 10.2 Å². The van der Waals surface area contributed by atoms with E-state index in [1.807, 2.05) is 0 Å². The smallest absolute Gasteiger partial charge is 0.328 e. The fourth-order valence-electron chi connectivity index (χ4n) is 1.47. The minimum Gasteiger partial charge on any atom is -0.480 e. The number of hydroxylamine groups is 2. The first-order valence-corrected chi connectivity index (χ1v) is 4.66. The lowest BCUT2D eigenvalue weighted by Gasteiger charge is -2.19. The topological polar surface area (TPSA) is 110 Å². The molecule has 0 saturated carbocycles. The maximum absolute atomic E-state index is 11.4. The highest BCUT2D eigenvalue weighted by Gasteiger charge is 2.31. The number of hydrogen-bond donors (Lipinski definition) is 4. The molecule has 86 valence electrons. The minimum atomic E-state index is -1.31. The molecule has 0 aliphatic carbocycles. The van der Waals surface area contributed by atoms with Crippen LogP contribution >= 0.6 is 0 Å². The number of amides is 1. The molecule has 1 saturated heterocycles. The van der Waals surface area contributed by atoms with Gasteiger partial charge in [-0.15, -0.1) is 0 Å². The molecule has 7 heteroatoms. The van der Waals surface area contributed by atoms with Crippen molar-refractivity contribution in [1.82, 2.24) is 10.4 Å². The normalized spacial score (nSPS) is 23.7. The molecule has 1 amide bonds. The Labute approximate surface area is 86.3 Å². The van der Waals surface area contributed by atoms with Gasteiger partial charge in [-0.1, -0.05) is 0 Å². The summed E-state index contributed by atoms with van der Waals surface area (Å²) >= 11 is 0. The molecule has 0 aromatic heterocycles. The lowest BCUT2D eigenvalue weighted by atomic mass is 10.2. The molecule has 0 aromatic rings. The number of aliphatic hydroxyl groups excluding tert-OH is 1. The van der Waals surface area contributed by atoms with Crippen molar-refractivity contribution in [2.75, 3.05) is 13.2 Å². The van der Waals surface area contributed by atoms with Gasteiger partial charge in [0.2, 0.25) is 5.91 Å². The van der Waals surface area contributed by atoms with Crippen LogP contribution in [0.2, 0.25) is 0 Å². The van der Waals surface area contributed by atoms with E-state index in [1.165, 1.54) is 0 Å². The van der Waals surface area contributed by atoms with Gasteiger partial charge in [-0.25, -0.2) is 4.79 Å². The van der Waals surface area contributed by atoms with E-state index in [1.54, 1.807) is 0 Å². The van der Waals surface area contributed by atoms with Crippen molar-refractivity contribution in [3.05, 3.63) is 0 Å². The SMILES string of the molecule is O=C(O)C(CO)NC(=O)C1CCCN1O. The molecule has 2 atom stereocenters. The van der Waals surface area contributed by atoms with Crippen molar-refractivity contribution in [3.8, 4) is 0 Å². The van der Waals surface area contributed by atoms with E-state index in [2.05, 4.69) is 5.32 Å². The van der Waals surface area contributed by atoms with Crippen LogP contribution in [0.5, 0.6) is 0 Å². The summed E-state index contributed by atoms with van der Waals surface area (Å²) in [5, 5.41) is 29.5. The highest BCUT2D eigenvalue weighted by Crippen LogP contribution is 2.14. The van der Waals surface area contributed by atoms with E-state index in [-0.39, 0.29) is 0 Å². The van der Waals surface area contributed by atoms with Gasteiger partial charge >= 0.3 is 5.97 Å². The van der Waals surface area contributed by atoms with Crippen LogP contribution < -0.4 is 5.32 Å². The summed E-state index contributed by atoms with van der Waals surface area (Å²) < 4.78 is 0. The highest BCUT2D eigenvalue weighted by molar-refractivity contribution is 5.87. The summed E-state index contributed by atoms with van der Waals surface area (Å²) in [6.45, 7) is -0.270. The number of carboxylic acids is 1. The molecule has 1 aliphatic rings. The number of carbonyl (C=O) groups is 2. The van der Waals surface area contributed by atoms with Crippen LogP contribution in [0.25, 0.3) is 0 Å². The maximum Gasteiger partial charge on any atom is 0.328 e. The lowest BCUT2D eigenvalue weighted by Crippen LogP contribution is -2.50. The Morgan fingerprint density at radius 2 is 2.20 bits per heavy atom. The number of carbonyl (C=O) groups excluding carboxylic acids is 1. The van der Waals surface area contributed by atoms with E-state index >= 15 is 0 Å². The molecule has 1 heterocycles. The lowest BCUT2D eigenvalue weighted by molar-refractivity contribution is -0.151. The fraction of sp³-hybridized carbons (Fsp3) is 0.750. The second-order valence-corrected chi connectivity index (χ2v) is 3.40. The van der Waals surface area contributed by atoms with Crippen molar-refractivity contribution in [3.63, 3.8) is 0 Å². The minimum absolute atomic E-state index is 0.398. The predicted molar refractivity (Wildman–Crippen MR) is 48.2 cm³/mol. The molecule has 0 bridgehead atoms. The van der Waals surface area contributed by atoms with Crippen LogP contribution in [0.1, 0.15) is 12.8 Å². The van der Waals surface area contributed by atoms with Crippen molar-refractivity contribution in [2.45, 2.75) is 24.9 Å². The molecule has 0 radical (unpaired) electrons. The monoisotopic (exact) mass is 218 g/mol. The molecule has 0 spiro atoms. The number of carboxylic acid groups (broad SMARTS) is 1. The van der Waals surface area contributed by atoms with Gasteiger partial charge < -0.3 is 20.7 Å². The first-order chi connectivity index (χ1) is 7.06. The average molecular weight is 218 g/mol. The van der Waals surface area contributed by atoms with Gasteiger partial charge in [-0.2, -0.15) is 5.06 Å². The van der Waals surface area contributed by atoms with Crippen LogP contribution in [0.3, 0.4) is 0 Å². The van der Waals surface area contributed by atoms with E-state index in [0.717, 1.165) is 5.06 Å². The number of hydrogen-bond acceptors (Lipinski definition) is 5. The van der Waals surface area contributed by atoms with Gasteiger partial charge in [0, 0.05) is 6.54 Å². The molecule has 0 aromatic carbocycles. The van der Waals surface area contributed by atoms with Crippen LogP contribution in [0.15, 0.2) is 0 Å². The summed E-state index contributed by atoms with van der Waals surface area (Å²) in [6.07, 6.45) is 1.17. The quantitative estimate of drug-likeness (QED) is 0.452. The van der Waals surface area contributed by atoms with Crippen molar-refractivity contribution in [2.24, 2.45) is 0 Å². The number of nitrogens with one attached hydrogen (secondary N) is 1. The van der Waals surface area contributed by atoms with Gasteiger partial charge in [0.15, 0.2) is 0 Å². The Kier molecular flexibility index (Phi) is 4.01. The molecule has 1 aliphatic heterocycles. The van der Waals surface area contributed by atoms with E-state index < -0.39 is 30.6 Å². The van der Waals surface area contributed by atoms with Crippen LogP contribution in [0, 0.1) is 0 Å². The van der Waals surface area contributed by atoms with Crippen LogP contribution in [-0.2, 0) is 9.59 Å². The van der Waals surface area contributed by atoms with Gasteiger partial charge in [0.25, 0.3) is 0 Å². The first-order valence-electron chi connectivity index (χ1n) is 4.66. The van der Waals surface area contributed by atoms with Crippen molar-refractivity contribution in [1.29, 1.82) is 0 Å². The molecule has 2 unspecified atom stereocenters. The highest BCUT2D eigenvalue weighted by atomic mass is 16.5.